The first-order valence-corrected chi connectivity index (χ1v) is 13.6. The Hall–Kier alpha value is -4.04. The van der Waals surface area contributed by atoms with Crippen LogP contribution in [0.25, 0.3) is 10.8 Å². The Morgan fingerprint density at radius 1 is 0.649 bits per heavy atom. The van der Waals surface area contributed by atoms with Gasteiger partial charge in [0.2, 0.25) is 0 Å². The quantitative estimate of drug-likeness (QED) is 0.188. The summed E-state index contributed by atoms with van der Waals surface area (Å²) in [6.07, 6.45) is 0. The normalized spacial score (nSPS) is 12.5. The zero-order valence-electron chi connectivity index (χ0n) is 19.3. The molecule has 0 fully saturated rings. The standard InChI is InChI=1S/C24H20N4O7S2/c1-2-35-18-8-6-16(7-9-18)25-27-23-12-13-24(22-15-20(37(32,33)34)10-11-21(22)23)28-26-17-4-3-5-19(14-17)36(29,30)31/h3-15H,2H2,1H3,(H,29,30,31)(H,32,33,34). The van der Waals surface area contributed by atoms with E-state index >= 15 is 0 Å². The molecule has 0 aliphatic carbocycles. The summed E-state index contributed by atoms with van der Waals surface area (Å²) in [5.74, 6) is 0.696. The van der Waals surface area contributed by atoms with Gasteiger partial charge in [-0.2, -0.15) is 27.1 Å². The molecule has 0 aliphatic rings. The summed E-state index contributed by atoms with van der Waals surface area (Å²) in [5.41, 5.74) is 1.32. The second-order valence-corrected chi connectivity index (χ2v) is 10.4. The highest BCUT2D eigenvalue weighted by Gasteiger charge is 2.14. The highest BCUT2D eigenvalue weighted by Crippen LogP contribution is 2.37. The number of rotatable bonds is 8. The van der Waals surface area contributed by atoms with Gasteiger partial charge in [0.25, 0.3) is 20.2 Å². The molecule has 0 saturated carbocycles. The average Bonchev–Trinajstić information content (AvgIpc) is 2.86. The van der Waals surface area contributed by atoms with Gasteiger partial charge in [-0.1, -0.05) is 12.1 Å². The molecule has 11 nitrogen and oxygen atoms in total. The van der Waals surface area contributed by atoms with Crippen LogP contribution in [-0.4, -0.2) is 32.5 Å². The number of nitrogens with zero attached hydrogens (tertiary/aromatic N) is 4. The van der Waals surface area contributed by atoms with Crippen LogP contribution in [0.4, 0.5) is 22.7 Å². The first-order valence-electron chi connectivity index (χ1n) is 10.7. The second-order valence-electron chi connectivity index (χ2n) is 7.59. The minimum Gasteiger partial charge on any atom is -0.494 e. The first kappa shape index (κ1) is 26.0. The SMILES string of the molecule is CCOc1ccc(N=Nc2ccc(N=Nc3cccc(S(=O)(=O)O)c3)c3cc(S(=O)(=O)O)ccc23)cc1. The molecule has 0 amide bonds. The van der Waals surface area contributed by atoms with Crippen molar-refractivity contribution in [2.75, 3.05) is 6.61 Å². The Bertz CT molecular complexity index is 1740. The number of hydrogen-bond donors (Lipinski definition) is 2. The van der Waals surface area contributed by atoms with Crippen LogP contribution in [0.15, 0.2) is 109 Å². The van der Waals surface area contributed by atoms with Gasteiger partial charge in [0.15, 0.2) is 0 Å². The van der Waals surface area contributed by atoms with E-state index in [2.05, 4.69) is 20.5 Å². The summed E-state index contributed by atoms with van der Waals surface area (Å²) in [6.45, 7) is 2.42. The van der Waals surface area contributed by atoms with Crippen LogP contribution in [-0.2, 0) is 20.2 Å². The highest BCUT2D eigenvalue weighted by molar-refractivity contribution is 7.86. The number of fused-ring (bicyclic) bond motifs is 1. The van der Waals surface area contributed by atoms with Crippen molar-refractivity contribution in [1.82, 2.24) is 0 Å². The molecule has 37 heavy (non-hydrogen) atoms. The molecule has 0 aromatic heterocycles. The summed E-state index contributed by atoms with van der Waals surface area (Å²) >= 11 is 0. The second kappa shape index (κ2) is 10.5. The topological polar surface area (TPSA) is 167 Å². The van der Waals surface area contributed by atoms with Crippen molar-refractivity contribution in [2.45, 2.75) is 16.7 Å². The summed E-state index contributed by atoms with van der Waals surface area (Å²) < 4.78 is 70.4. The van der Waals surface area contributed by atoms with Gasteiger partial charge in [0.1, 0.15) is 5.75 Å². The molecule has 0 saturated heterocycles. The lowest BCUT2D eigenvalue weighted by Gasteiger charge is -2.07. The van der Waals surface area contributed by atoms with Gasteiger partial charge in [-0.3, -0.25) is 9.11 Å². The molecule has 4 aromatic rings. The maximum atomic E-state index is 11.7. The van der Waals surface area contributed by atoms with Crippen LogP contribution in [0.1, 0.15) is 6.92 Å². The van der Waals surface area contributed by atoms with Crippen LogP contribution >= 0.6 is 0 Å². The smallest absolute Gasteiger partial charge is 0.294 e. The van der Waals surface area contributed by atoms with E-state index in [0.717, 1.165) is 6.07 Å². The fraction of sp³-hybridized carbons (Fsp3) is 0.0833. The summed E-state index contributed by atoms with van der Waals surface area (Å²) in [7, 11) is -8.94. The lowest BCUT2D eigenvalue weighted by molar-refractivity contribution is 0.340. The lowest BCUT2D eigenvalue weighted by Crippen LogP contribution is -1.97. The lowest BCUT2D eigenvalue weighted by atomic mass is 10.1. The predicted molar refractivity (Wildman–Crippen MR) is 136 cm³/mol. The molecule has 0 bridgehead atoms. The minimum atomic E-state index is -4.51. The molecule has 0 spiro atoms. The molecule has 4 aromatic carbocycles. The van der Waals surface area contributed by atoms with E-state index in [1.807, 2.05) is 6.92 Å². The van der Waals surface area contributed by atoms with Crippen LogP contribution in [0.2, 0.25) is 0 Å². The summed E-state index contributed by atoms with van der Waals surface area (Å²) in [5, 5.41) is 17.4. The van der Waals surface area contributed by atoms with Crippen molar-refractivity contribution >= 4 is 53.8 Å². The monoisotopic (exact) mass is 540 g/mol. The Morgan fingerprint density at radius 2 is 1.24 bits per heavy atom. The summed E-state index contributed by atoms with van der Waals surface area (Å²) in [6, 6.07) is 19.2. The fourth-order valence-electron chi connectivity index (χ4n) is 3.34. The van der Waals surface area contributed by atoms with Crippen molar-refractivity contribution in [1.29, 1.82) is 0 Å². The molecule has 13 heteroatoms. The van der Waals surface area contributed by atoms with Crippen LogP contribution in [0.3, 0.4) is 0 Å². The van der Waals surface area contributed by atoms with Crippen molar-refractivity contribution in [3.63, 3.8) is 0 Å². The molecule has 4 rings (SSSR count). The number of hydrogen-bond acceptors (Lipinski definition) is 9. The summed E-state index contributed by atoms with van der Waals surface area (Å²) in [4.78, 5) is -0.710. The molecule has 0 unspecified atom stereocenters. The first-order chi connectivity index (χ1) is 17.5. The third-order valence-electron chi connectivity index (χ3n) is 5.05. The van der Waals surface area contributed by atoms with Gasteiger partial charge in [0, 0.05) is 10.8 Å². The molecule has 2 N–H and O–H groups in total. The van der Waals surface area contributed by atoms with Crippen molar-refractivity contribution in [3.05, 3.63) is 78.9 Å². The third kappa shape index (κ3) is 6.40. The Morgan fingerprint density at radius 3 is 1.86 bits per heavy atom. The largest absolute Gasteiger partial charge is 0.494 e. The Kier molecular flexibility index (Phi) is 7.40. The van der Waals surface area contributed by atoms with E-state index in [-0.39, 0.29) is 21.2 Å². The van der Waals surface area contributed by atoms with Gasteiger partial charge in [-0.25, -0.2) is 0 Å². The number of ether oxygens (including phenoxy) is 1. The van der Waals surface area contributed by atoms with Crippen molar-refractivity contribution < 1.29 is 30.7 Å². The Labute approximate surface area is 212 Å². The third-order valence-corrected chi connectivity index (χ3v) is 6.75. The van der Waals surface area contributed by atoms with E-state index in [1.165, 1.54) is 42.5 Å². The zero-order chi connectivity index (χ0) is 26.6. The Balaban J connectivity index is 1.76. The van der Waals surface area contributed by atoms with Crippen molar-refractivity contribution in [2.24, 2.45) is 20.5 Å². The van der Waals surface area contributed by atoms with E-state index in [4.69, 9.17) is 4.74 Å². The molecule has 190 valence electrons. The molecular weight excluding hydrogens is 520 g/mol. The highest BCUT2D eigenvalue weighted by atomic mass is 32.2. The molecular formula is C24H20N4O7S2. The maximum absolute atomic E-state index is 11.7. The minimum absolute atomic E-state index is 0.133. The molecule has 0 heterocycles. The molecule has 0 atom stereocenters. The van der Waals surface area contributed by atoms with Gasteiger partial charge in [-0.15, -0.1) is 10.2 Å². The van der Waals surface area contributed by atoms with Crippen molar-refractivity contribution in [3.8, 4) is 5.75 Å². The van der Waals surface area contributed by atoms with E-state index < -0.39 is 20.2 Å². The van der Waals surface area contributed by atoms with E-state index in [1.54, 1.807) is 30.3 Å². The zero-order valence-corrected chi connectivity index (χ0v) is 20.9. The molecule has 0 radical (unpaired) electrons. The average molecular weight is 541 g/mol. The van der Waals surface area contributed by atoms with Crippen LogP contribution in [0.5, 0.6) is 5.75 Å². The van der Waals surface area contributed by atoms with Crippen LogP contribution < -0.4 is 4.74 Å². The van der Waals surface area contributed by atoms with Gasteiger partial charge in [-0.05, 0) is 73.7 Å². The predicted octanol–water partition coefficient (Wildman–Crippen LogP) is 6.56. The van der Waals surface area contributed by atoms with Gasteiger partial charge in [0.05, 0.1) is 39.1 Å². The van der Waals surface area contributed by atoms with Crippen LogP contribution in [0, 0.1) is 0 Å². The van der Waals surface area contributed by atoms with Gasteiger partial charge < -0.3 is 4.74 Å². The number of benzene rings is 4. The number of azo groups is 2. The van der Waals surface area contributed by atoms with Gasteiger partial charge >= 0.3 is 0 Å². The van der Waals surface area contributed by atoms with E-state index in [9.17, 15) is 25.9 Å². The van der Waals surface area contributed by atoms with E-state index in [0.29, 0.717) is 34.5 Å². The molecule has 0 aliphatic heterocycles. The maximum Gasteiger partial charge on any atom is 0.294 e. The fourth-order valence-corrected chi connectivity index (χ4v) is 4.36.